The smallest absolute Gasteiger partial charge is 0.185 e. The topological polar surface area (TPSA) is 45.4 Å². The molecule has 18 heavy (non-hydrogen) atoms. The molecule has 0 radical (unpaired) electrons. The summed E-state index contributed by atoms with van der Waals surface area (Å²) >= 11 is 1.73. The van der Waals surface area contributed by atoms with Crippen LogP contribution in [0.1, 0.15) is 37.6 Å². The molecule has 0 spiro atoms. The second-order valence-electron chi connectivity index (χ2n) is 5.11. The van der Waals surface area contributed by atoms with Crippen molar-refractivity contribution in [2.24, 2.45) is 5.73 Å². The first-order valence-corrected chi connectivity index (χ1v) is 7.60. The average Bonchev–Trinajstić information content (AvgIpc) is 2.88. The molecule has 102 valence electrons. The molecule has 1 aromatic rings. The van der Waals surface area contributed by atoms with E-state index in [1.807, 2.05) is 13.1 Å². The summed E-state index contributed by atoms with van der Waals surface area (Å²) in [6.45, 7) is 7.83. The normalized spacial score (nSPS) is 20.0. The van der Waals surface area contributed by atoms with E-state index in [9.17, 15) is 0 Å². The molecule has 0 bridgehead atoms. The molecule has 1 atom stereocenters. The lowest BCUT2D eigenvalue weighted by Gasteiger charge is -2.36. The van der Waals surface area contributed by atoms with Crippen LogP contribution in [0.4, 0.5) is 5.13 Å². The molecule has 2 rings (SSSR count). The SMILES string of the molecule is CCN1CCC(N(C)c2ncc(C(C)N)s2)CC1. The van der Waals surface area contributed by atoms with Gasteiger partial charge in [-0.05, 0) is 26.3 Å². The molecule has 4 nitrogen and oxygen atoms in total. The van der Waals surface area contributed by atoms with Gasteiger partial charge in [0, 0.05) is 43.3 Å². The standard InChI is InChI=1S/C13H24N4S/c1-4-17-7-5-11(6-8-17)16(3)13-15-9-12(18-13)10(2)14/h9-11H,4-8,14H2,1-3H3. The minimum absolute atomic E-state index is 0.0894. The highest BCUT2D eigenvalue weighted by Gasteiger charge is 2.23. The quantitative estimate of drug-likeness (QED) is 0.908. The van der Waals surface area contributed by atoms with Crippen LogP contribution in [-0.4, -0.2) is 42.6 Å². The molecule has 1 unspecified atom stereocenters. The summed E-state index contributed by atoms with van der Waals surface area (Å²) in [5, 5.41) is 1.11. The number of anilines is 1. The van der Waals surface area contributed by atoms with E-state index >= 15 is 0 Å². The molecule has 0 aliphatic carbocycles. The molecule has 1 saturated heterocycles. The van der Waals surface area contributed by atoms with E-state index in [1.54, 1.807) is 11.3 Å². The van der Waals surface area contributed by atoms with Gasteiger partial charge >= 0.3 is 0 Å². The van der Waals surface area contributed by atoms with Gasteiger partial charge < -0.3 is 15.5 Å². The molecule has 0 aromatic carbocycles. The largest absolute Gasteiger partial charge is 0.348 e. The monoisotopic (exact) mass is 268 g/mol. The van der Waals surface area contributed by atoms with Crippen molar-refractivity contribution in [1.29, 1.82) is 0 Å². The Balaban J connectivity index is 1.96. The molecule has 0 amide bonds. The molecule has 2 heterocycles. The zero-order valence-electron chi connectivity index (χ0n) is 11.6. The van der Waals surface area contributed by atoms with Crippen LogP contribution in [0.15, 0.2) is 6.20 Å². The Bertz CT molecular complexity index is 369. The summed E-state index contributed by atoms with van der Waals surface area (Å²) in [6.07, 6.45) is 4.39. The van der Waals surface area contributed by atoms with Crippen LogP contribution in [0.2, 0.25) is 0 Å². The van der Waals surface area contributed by atoms with E-state index in [-0.39, 0.29) is 6.04 Å². The van der Waals surface area contributed by atoms with Gasteiger partial charge in [-0.1, -0.05) is 6.92 Å². The molecule has 1 aromatic heterocycles. The van der Waals surface area contributed by atoms with Crippen LogP contribution in [0.5, 0.6) is 0 Å². The lowest BCUT2D eigenvalue weighted by atomic mass is 10.0. The van der Waals surface area contributed by atoms with Crippen LogP contribution in [0.3, 0.4) is 0 Å². The Morgan fingerprint density at radius 2 is 2.22 bits per heavy atom. The van der Waals surface area contributed by atoms with Crippen LogP contribution in [0, 0.1) is 0 Å². The second-order valence-corrected chi connectivity index (χ2v) is 6.15. The number of nitrogens with zero attached hydrogens (tertiary/aromatic N) is 3. The number of aromatic nitrogens is 1. The predicted molar refractivity (Wildman–Crippen MR) is 78.3 cm³/mol. The minimum Gasteiger partial charge on any atom is -0.348 e. The first-order valence-electron chi connectivity index (χ1n) is 6.78. The van der Waals surface area contributed by atoms with Gasteiger partial charge in [0.25, 0.3) is 0 Å². The Hall–Kier alpha value is -0.650. The zero-order chi connectivity index (χ0) is 13.1. The van der Waals surface area contributed by atoms with Gasteiger partial charge in [-0.15, -0.1) is 11.3 Å². The van der Waals surface area contributed by atoms with Crippen LogP contribution < -0.4 is 10.6 Å². The second kappa shape index (κ2) is 5.99. The Morgan fingerprint density at radius 1 is 1.56 bits per heavy atom. The Kier molecular flexibility index (Phi) is 4.59. The minimum atomic E-state index is 0.0894. The van der Waals surface area contributed by atoms with Crippen molar-refractivity contribution < 1.29 is 0 Å². The highest BCUT2D eigenvalue weighted by atomic mass is 32.1. The van der Waals surface area contributed by atoms with Gasteiger partial charge in [0.05, 0.1) is 0 Å². The summed E-state index contributed by atoms with van der Waals surface area (Å²) in [6, 6.07) is 0.714. The summed E-state index contributed by atoms with van der Waals surface area (Å²) < 4.78 is 0. The molecule has 2 N–H and O–H groups in total. The third-order valence-corrected chi connectivity index (χ3v) is 5.10. The van der Waals surface area contributed by atoms with Crippen molar-refractivity contribution in [3.63, 3.8) is 0 Å². The third kappa shape index (κ3) is 3.02. The predicted octanol–water partition coefficient (Wildman–Crippen LogP) is 2.08. The summed E-state index contributed by atoms with van der Waals surface area (Å²) in [5.74, 6) is 0. The highest BCUT2D eigenvalue weighted by molar-refractivity contribution is 7.15. The van der Waals surface area contributed by atoms with Crippen molar-refractivity contribution >= 4 is 16.5 Å². The van der Waals surface area contributed by atoms with Crippen LogP contribution >= 0.6 is 11.3 Å². The first-order chi connectivity index (χ1) is 8.61. The summed E-state index contributed by atoms with van der Waals surface area (Å²) in [5.41, 5.74) is 5.89. The number of nitrogens with two attached hydrogens (primary N) is 1. The first kappa shape index (κ1) is 13.8. The van der Waals surface area contributed by atoms with Gasteiger partial charge in [0.1, 0.15) is 0 Å². The fourth-order valence-electron chi connectivity index (χ4n) is 2.43. The van der Waals surface area contributed by atoms with Crippen LogP contribution in [0.25, 0.3) is 0 Å². The molecule has 5 heteroatoms. The van der Waals surface area contributed by atoms with Crippen molar-refractivity contribution in [3.05, 3.63) is 11.1 Å². The van der Waals surface area contributed by atoms with Gasteiger partial charge in [-0.25, -0.2) is 4.98 Å². The van der Waals surface area contributed by atoms with E-state index in [4.69, 9.17) is 5.73 Å². The van der Waals surface area contributed by atoms with Gasteiger partial charge in [-0.2, -0.15) is 0 Å². The van der Waals surface area contributed by atoms with Gasteiger partial charge in [-0.3, -0.25) is 0 Å². The van der Waals surface area contributed by atoms with Crippen molar-refractivity contribution in [2.45, 2.75) is 38.8 Å². The maximum absolute atomic E-state index is 5.89. The fraction of sp³-hybridized carbons (Fsp3) is 0.769. The zero-order valence-corrected chi connectivity index (χ0v) is 12.4. The summed E-state index contributed by atoms with van der Waals surface area (Å²) in [7, 11) is 2.16. The Morgan fingerprint density at radius 3 is 2.72 bits per heavy atom. The molecular formula is C13H24N4S. The average molecular weight is 268 g/mol. The number of piperidine rings is 1. The van der Waals surface area contributed by atoms with E-state index in [0.717, 1.165) is 5.13 Å². The molecule has 1 aliphatic heterocycles. The van der Waals surface area contributed by atoms with Crippen molar-refractivity contribution in [1.82, 2.24) is 9.88 Å². The summed E-state index contributed by atoms with van der Waals surface area (Å²) in [4.78, 5) is 10.5. The van der Waals surface area contributed by atoms with E-state index in [0.29, 0.717) is 6.04 Å². The molecule has 0 saturated carbocycles. The van der Waals surface area contributed by atoms with E-state index < -0.39 is 0 Å². The van der Waals surface area contributed by atoms with Crippen LogP contribution in [-0.2, 0) is 0 Å². The molecule has 1 aliphatic rings. The van der Waals surface area contributed by atoms with Gasteiger partial charge in [0.2, 0.25) is 0 Å². The fourth-order valence-corrected chi connectivity index (χ4v) is 3.33. The van der Waals surface area contributed by atoms with E-state index in [2.05, 4.69) is 28.8 Å². The maximum Gasteiger partial charge on any atom is 0.185 e. The maximum atomic E-state index is 5.89. The number of hydrogen-bond acceptors (Lipinski definition) is 5. The lowest BCUT2D eigenvalue weighted by molar-refractivity contribution is 0.221. The third-order valence-electron chi connectivity index (χ3n) is 3.81. The van der Waals surface area contributed by atoms with Gasteiger partial charge in [0.15, 0.2) is 5.13 Å². The Labute approximate surface area is 114 Å². The number of likely N-dealkylation sites (tertiary alicyclic amines) is 1. The molecular weight excluding hydrogens is 244 g/mol. The number of rotatable bonds is 4. The van der Waals surface area contributed by atoms with Crippen molar-refractivity contribution in [3.8, 4) is 0 Å². The van der Waals surface area contributed by atoms with E-state index in [1.165, 1.54) is 37.4 Å². The highest BCUT2D eigenvalue weighted by Crippen LogP contribution is 2.28. The molecule has 1 fully saturated rings. The van der Waals surface area contributed by atoms with Crippen molar-refractivity contribution in [2.75, 3.05) is 31.6 Å². The number of thiazole rings is 1. The number of hydrogen-bond donors (Lipinski definition) is 1. The lowest BCUT2D eigenvalue weighted by Crippen LogP contribution is -2.43.